The van der Waals surface area contributed by atoms with Gasteiger partial charge in [-0.1, -0.05) is 5.16 Å². The first kappa shape index (κ1) is 18.0. The van der Waals surface area contributed by atoms with Crippen LogP contribution in [-0.4, -0.2) is 37.9 Å². The maximum Gasteiger partial charge on any atom is 0.220 e. The van der Waals surface area contributed by atoms with Crippen LogP contribution in [0, 0.1) is 0 Å². The number of aromatic nitrogens is 1. The quantitative estimate of drug-likeness (QED) is 0.677. The zero-order valence-electron chi connectivity index (χ0n) is 14.2. The van der Waals surface area contributed by atoms with E-state index in [1.165, 1.54) is 0 Å². The normalized spacial score (nSPS) is 10.6. The van der Waals surface area contributed by atoms with Crippen molar-refractivity contribution in [2.24, 2.45) is 0 Å². The van der Waals surface area contributed by atoms with Crippen LogP contribution >= 0.6 is 0 Å². The van der Waals surface area contributed by atoms with E-state index in [-0.39, 0.29) is 5.91 Å². The number of aryl methyl sites for hydroxylation is 1. The Morgan fingerprint density at radius 1 is 1.29 bits per heavy atom. The van der Waals surface area contributed by atoms with Gasteiger partial charge in [-0.2, -0.15) is 0 Å². The predicted octanol–water partition coefficient (Wildman–Crippen LogP) is 2.83. The number of amides is 1. The number of methoxy groups -OCH3 is 1. The van der Waals surface area contributed by atoms with Crippen molar-refractivity contribution in [2.75, 3.05) is 26.9 Å². The first-order valence-electron chi connectivity index (χ1n) is 8.17. The fourth-order valence-electron chi connectivity index (χ4n) is 2.26. The lowest BCUT2D eigenvalue weighted by molar-refractivity contribution is -0.121. The number of carbonyl (C=O) groups excluding carboxylic acids is 1. The van der Waals surface area contributed by atoms with E-state index in [4.69, 9.17) is 14.0 Å². The van der Waals surface area contributed by atoms with Crippen molar-refractivity contribution in [1.82, 2.24) is 10.5 Å². The number of ether oxygens (including phenoxy) is 2. The molecular formula is C18H24N2O4. The van der Waals surface area contributed by atoms with E-state index < -0.39 is 0 Å². The van der Waals surface area contributed by atoms with Crippen LogP contribution in [0.15, 0.2) is 34.9 Å². The van der Waals surface area contributed by atoms with E-state index in [9.17, 15) is 4.79 Å². The predicted molar refractivity (Wildman–Crippen MR) is 90.9 cm³/mol. The van der Waals surface area contributed by atoms with Gasteiger partial charge in [0, 0.05) is 31.7 Å². The number of nitrogens with zero attached hydrogens (tertiary/aromatic N) is 1. The third-order valence-corrected chi connectivity index (χ3v) is 3.47. The van der Waals surface area contributed by atoms with Gasteiger partial charge >= 0.3 is 0 Å². The first-order chi connectivity index (χ1) is 11.7. The third kappa shape index (κ3) is 5.70. The number of benzene rings is 1. The Morgan fingerprint density at radius 2 is 2.08 bits per heavy atom. The Balaban J connectivity index is 1.79. The van der Waals surface area contributed by atoms with Crippen molar-refractivity contribution in [1.29, 1.82) is 0 Å². The van der Waals surface area contributed by atoms with Crippen molar-refractivity contribution in [2.45, 2.75) is 26.2 Å². The molecule has 0 unspecified atom stereocenters. The van der Waals surface area contributed by atoms with Gasteiger partial charge in [-0.3, -0.25) is 4.79 Å². The average Bonchev–Trinajstić information content (AvgIpc) is 3.05. The minimum Gasteiger partial charge on any atom is -0.494 e. The fraction of sp³-hybridized carbons (Fsp3) is 0.444. The fourth-order valence-corrected chi connectivity index (χ4v) is 2.26. The molecule has 1 heterocycles. The van der Waals surface area contributed by atoms with Gasteiger partial charge in [0.1, 0.15) is 5.75 Å². The highest BCUT2D eigenvalue weighted by Crippen LogP contribution is 2.23. The molecule has 0 atom stereocenters. The second-order valence-electron chi connectivity index (χ2n) is 5.34. The number of rotatable bonds is 10. The summed E-state index contributed by atoms with van der Waals surface area (Å²) in [6, 6.07) is 9.62. The van der Waals surface area contributed by atoms with Gasteiger partial charge in [-0.05, 0) is 44.0 Å². The number of nitrogens with one attached hydrogen (secondary N) is 1. The van der Waals surface area contributed by atoms with Gasteiger partial charge in [0.25, 0.3) is 0 Å². The molecule has 6 nitrogen and oxygen atoms in total. The maximum absolute atomic E-state index is 11.6. The molecule has 1 amide bonds. The van der Waals surface area contributed by atoms with Crippen molar-refractivity contribution in [3.8, 4) is 17.1 Å². The van der Waals surface area contributed by atoms with Crippen molar-refractivity contribution >= 4 is 5.91 Å². The minimum atomic E-state index is 0.0299. The van der Waals surface area contributed by atoms with E-state index in [0.29, 0.717) is 32.6 Å². The summed E-state index contributed by atoms with van der Waals surface area (Å²) < 4.78 is 15.7. The molecule has 1 aromatic heterocycles. The lowest BCUT2D eigenvalue weighted by atomic mass is 10.1. The van der Waals surface area contributed by atoms with E-state index in [0.717, 1.165) is 29.2 Å². The Bertz CT molecular complexity index is 622. The van der Waals surface area contributed by atoms with Gasteiger partial charge in [0.2, 0.25) is 5.91 Å². The standard InChI is InChI=1S/C18H24N2O4/c1-3-23-16-9-7-14(8-10-16)17-13-15(20-24-17)5-4-6-18(21)19-11-12-22-2/h7-10,13H,3-6,11-12H2,1-2H3,(H,19,21). The van der Waals surface area contributed by atoms with E-state index in [1.807, 2.05) is 37.3 Å². The zero-order chi connectivity index (χ0) is 17.2. The molecule has 6 heteroatoms. The molecule has 0 aliphatic rings. The van der Waals surface area contributed by atoms with E-state index in [1.54, 1.807) is 7.11 Å². The highest BCUT2D eigenvalue weighted by molar-refractivity contribution is 5.75. The molecule has 0 radical (unpaired) electrons. The zero-order valence-corrected chi connectivity index (χ0v) is 14.2. The van der Waals surface area contributed by atoms with Crippen LogP contribution in [0.1, 0.15) is 25.5 Å². The van der Waals surface area contributed by atoms with Gasteiger partial charge in [0.15, 0.2) is 5.76 Å². The molecule has 0 spiro atoms. The van der Waals surface area contributed by atoms with Gasteiger partial charge in [0.05, 0.1) is 18.9 Å². The molecule has 1 aromatic carbocycles. The van der Waals surface area contributed by atoms with Crippen molar-refractivity contribution < 1.29 is 18.8 Å². The Labute approximate surface area is 142 Å². The third-order valence-electron chi connectivity index (χ3n) is 3.47. The minimum absolute atomic E-state index is 0.0299. The second-order valence-corrected chi connectivity index (χ2v) is 5.34. The summed E-state index contributed by atoms with van der Waals surface area (Å²) in [7, 11) is 1.61. The first-order valence-corrected chi connectivity index (χ1v) is 8.17. The molecule has 0 saturated carbocycles. The maximum atomic E-state index is 11.6. The molecule has 0 saturated heterocycles. The van der Waals surface area contributed by atoms with Gasteiger partial charge < -0.3 is 19.3 Å². The van der Waals surface area contributed by atoms with Crippen LogP contribution in [-0.2, 0) is 16.0 Å². The summed E-state index contributed by atoms with van der Waals surface area (Å²) in [6.07, 6.45) is 1.90. The molecule has 0 bridgehead atoms. The van der Waals surface area contributed by atoms with Crippen LogP contribution < -0.4 is 10.1 Å². The Morgan fingerprint density at radius 3 is 2.79 bits per heavy atom. The highest BCUT2D eigenvalue weighted by Gasteiger charge is 2.08. The summed E-state index contributed by atoms with van der Waals surface area (Å²) in [5.74, 6) is 1.58. The van der Waals surface area contributed by atoms with Crippen LogP contribution in [0.25, 0.3) is 11.3 Å². The monoisotopic (exact) mass is 332 g/mol. The summed E-state index contributed by atoms with van der Waals surface area (Å²) in [5.41, 5.74) is 1.80. The van der Waals surface area contributed by atoms with Crippen molar-refractivity contribution in [3.63, 3.8) is 0 Å². The molecule has 0 aliphatic heterocycles. The summed E-state index contributed by atoms with van der Waals surface area (Å²) in [5, 5.41) is 6.86. The lowest BCUT2D eigenvalue weighted by Crippen LogP contribution is -2.26. The lowest BCUT2D eigenvalue weighted by Gasteiger charge is -2.03. The summed E-state index contributed by atoms with van der Waals surface area (Å²) in [4.78, 5) is 11.6. The molecular weight excluding hydrogens is 308 g/mol. The number of hydrogen-bond acceptors (Lipinski definition) is 5. The smallest absolute Gasteiger partial charge is 0.220 e. The highest BCUT2D eigenvalue weighted by atomic mass is 16.5. The van der Waals surface area contributed by atoms with Crippen LogP contribution in [0.3, 0.4) is 0 Å². The van der Waals surface area contributed by atoms with Crippen LogP contribution in [0.5, 0.6) is 5.75 Å². The number of carbonyl (C=O) groups is 1. The summed E-state index contributed by atoms with van der Waals surface area (Å²) in [6.45, 7) is 3.67. The van der Waals surface area contributed by atoms with Gasteiger partial charge in [-0.25, -0.2) is 0 Å². The number of hydrogen-bond donors (Lipinski definition) is 1. The molecule has 0 aliphatic carbocycles. The Hall–Kier alpha value is -2.34. The second kappa shape index (κ2) is 9.72. The molecule has 130 valence electrons. The molecule has 1 N–H and O–H groups in total. The largest absolute Gasteiger partial charge is 0.494 e. The van der Waals surface area contributed by atoms with E-state index >= 15 is 0 Å². The molecule has 24 heavy (non-hydrogen) atoms. The Kier molecular flexibility index (Phi) is 7.29. The van der Waals surface area contributed by atoms with E-state index in [2.05, 4.69) is 10.5 Å². The molecule has 2 aromatic rings. The molecule has 0 fully saturated rings. The topological polar surface area (TPSA) is 73.6 Å². The van der Waals surface area contributed by atoms with Crippen molar-refractivity contribution in [3.05, 3.63) is 36.0 Å². The van der Waals surface area contributed by atoms with Crippen LogP contribution in [0.2, 0.25) is 0 Å². The average molecular weight is 332 g/mol. The SMILES string of the molecule is CCOc1ccc(-c2cc(CCCC(=O)NCCOC)no2)cc1. The molecule has 2 rings (SSSR count). The van der Waals surface area contributed by atoms with Crippen LogP contribution in [0.4, 0.5) is 0 Å². The van der Waals surface area contributed by atoms with Gasteiger partial charge in [-0.15, -0.1) is 0 Å². The summed E-state index contributed by atoms with van der Waals surface area (Å²) >= 11 is 0.